The third-order valence-electron chi connectivity index (χ3n) is 2.67. The highest BCUT2D eigenvalue weighted by Crippen LogP contribution is 2.23. The van der Waals surface area contributed by atoms with Gasteiger partial charge in [0.2, 0.25) is 0 Å². The molecule has 0 unspecified atom stereocenters. The van der Waals surface area contributed by atoms with Crippen LogP contribution in [0.4, 0.5) is 0 Å². The second-order valence-electron chi connectivity index (χ2n) is 3.91. The molecule has 0 amide bonds. The Bertz CT molecular complexity index is 632. The monoisotopic (exact) mass is 293 g/mol. The standard InChI is InChI=1S/C13H12BrNO2/c1-8-5-3-4-6-10(8)15-9(2)7-11(16)12(14)13(15)17/h3-7,16H,1-2H3. The van der Waals surface area contributed by atoms with Crippen LogP contribution in [-0.4, -0.2) is 9.67 Å². The first-order valence-corrected chi connectivity index (χ1v) is 5.99. The van der Waals surface area contributed by atoms with Gasteiger partial charge in [-0.05, 0) is 41.4 Å². The number of aromatic hydroxyl groups is 1. The fourth-order valence-electron chi connectivity index (χ4n) is 1.81. The van der Waals surface area contributed by atoms with Crippen molar-refractivity contribution in [3.8, 4) is 11.4 Å². The maximum atomic E-state index is 12.1. The first-order chi connectivity index (χ1) is 8.02. The Morgan fingerprint density at radius 3 is 2.53 bits per heavy atom. The molecular weight excluding hydrogens is 282 g/mol. The highest BCUT2D eigenvalue weighted by Gasteiger charge is 2.12. The molecule has 0 aliphatic heterocycles. The van der Waals surface area contributed by atoms with E-state index in [1.807, 2.05) is 31.2 Å². The summed E-state index contributed by atoms with van der Waals surface area (Å²) in [5, 5.41) is 9.56. The molecule has 0 atom stereocenters. The number of aryl methyl sites for hydroxylation is 2. The average molecular weight is 294 g/mol. The summed E-state index contributed by atoms with van der Waals surface area (Å²) < 4.78 is 1.77. The summed E-state index contributed by atoms with van der Waals surface area (Å²) in [5.41, 5.74) is 2.28. The Labute approximate surface area is 107 Å². The molecule has 3 nitrogen and oxygen atoms in total. The molecule has 0 aliphatic carbocycles. The van der Waals surface area contributed by atoms with E-state index in [-0.39, 0.29) is 15.8 Å². The lowest BCUT2D eigenvalue weighted by atomic mass is 10.2. The van der Waals surface area contributed by atoms with Crippen molar-refractivity contribution in [2.75, 3.05) is 0 Å². The van der Waals surface area contributed by atoms with E-state index in [0.29, 0.717) is 5.69 Å². The Kier molecular flexibility index (Phi) is 3.07. The lowest BCUT2D eigenvalue weighted by Crippen LogP contribution is -2.21. The van der Waals surface area contributed by atoms with Crippen LogP contribution in [0.3, 0.4) is 0 Å². The van der Waals surface area contributed by atoms with E-state index in [4.69, 9.17) is 0 Å². The van der Waals surface area contributed by atoms with Crippen LogP contribution in [0.5, 0.6) is 5.75 Å². The summed E-state index contributed by atoms with van der Waals surface area (Å²) in [6, 6.07) is 9.21. The van der Waals surface area contributed by atoms with Crippen LogP contribution in [0.15, 0.2) is 39.6 Å². The van der Waals surface area contributed by atoms with Gasteiger partial charge in [0.05, 0.1) is 5.69 Å². The van der Waals surface area contributed by atoms with Crippen molar-refractivity contribution in [1.82, 2.24) is 4.57 Å². The highest BCUT2D eigenvalue weighted by molar-refractivity contribution is 9.10. The van der Waals surface area contributed by atoms with Gasteiger partial charge in [-0.15, -0.1) is 0 Å². The number of para-hydroxylation sites is 1. The molecule has 17 heavy (non-hydrogen) atoms. The summed E-state index contributed by atoms with van der Waals surface area (Å²) >= 11 is 3.10. The smallest absolute Gasteiger partial charge is 0.273 e. The molecule has 1 heterocycles. The van der Waals surface area contributed by atoms with Crippen molar-refractivity contribution in [2.24, 2.45) is 0 Å². The lowest BCUT2D eigenvalue weighted by molar-refractivity contribution is 0.468. The Balaban J connectivity index is 2.82. The number of rotatable bonds is 1. The average Bonchev–Trinajstić information content (AvgIpc) is 2.29. The van der Waals surface area contributed by atoms with Crippen molar-refractivity contribution >= 4 is 15.9 Å². The number of pyridine rings is 1. The molecule has 0 spiro atoms. The number of aromatic nitrogens is 1. The van der Waals surface area contributed by atoms with Crippen molar-refractivity contribution < 1.29 is 5.11 Å². The zero-order chi connectivity index (χ0) is 12.6. The fraction of sp³-hybridized carbons (Fsp3) is 0.154. The van der Waals surface area contributed by atoms with E-state index >= 15 is 0 Å². The predicted octanol–water partition coefficient (Wildman–Crippen LogP) is 2.92. The van der Waals surface area contributed by atoms with E-state index in [1.165, 1.54) is 0 Å². The van der Waals surface area contributed by atoms with E-state index < -0.39 is 0 Å². The third-order valence-corrected chi connectivity index (χ3v) is 3.42. The van der Waals surface area contributed by atoms with E-state index in [1.54, 1.807) is 17.6 Å². The number of hydrogen-bond acceptors (Lipinski definition) is 2. The normalized spacial score (nSPS) is 10.5. The van der Waals surface area contributed by atoms with Gasteiger partial charge in [0, 0.05) is 11.8 Å². The van der Waals surface area contributed by atoms with Crippen molar-refractivity contribution in [3.63, 3.8) is 0 Å². The van der Waals surface area contributed by atoms with Crippen LogP contribution in [0.25, 0.3) is 5.69 Å². The maximum Gasteiger partial charge on any atom is 0.273 e. The largest absolute Gasteiger partial charge is 0.506 e. The molecule has 4 heteroatoms. The Morgan fingerprint density at radius 2 is 1.88 bits per heavy atom. The van der Waals surface area contributed by atoms with Crippen LogP contribution in [0, 0.1) is 13.8 Å². The van der Waals surface area contributed by atoms with Gasteiger partial charge < -0.3 is 5.11 Å². The Morgan fingerprint density at radius 1 is 1.24 bits per heavy atom. The van der Waals surface area contributed by atoms with Crippen molar-refractivity contribution in [1.29, 1.82) is 0 Å². The second kappa shape index (κ2) is 4.37. The molecule has 0 saturated carbocycles. The SMILES string of the molecule is Cc1ccccc1-n1c(C)cc(O)c(Br)c1=O. The molecule has 1 aromatic carbocycles. The zero-order valence-electron chi connectivity index (χ0n) is 9.57. The highest BCUT2D eigenvalue weighted by atomic mass is 79.9. The molecule has 0 bridgehead atoms. The first-order valence-electron chi connectivity index (χ1n) is 5.19. The van der Waals surface area contributed by atoms with Crippen LogP contribution < -0.4 is 5.56 Å². The van der Waals surface area contributed by atoms with Gasteiger partial charge in [-0.2, -0.15) is 0 Å². The first kappa shape index (κ1) is 11.9. The zero-order valence-corrected chi connectivity index (χ0v) is 11.2. The molecule has 0 fully saturated rings. The molecule has 2 rings (SSSR count). The van der Waals surface area contributed by atoms with Crippen molar-refractivity contribution in [3.05, 3.63) is 56.4 Å². The third kappa shape index (κ3) is 2.00. The minimum atomic E-state index is -0.253. The summed E-state index contributed by atoms with van der Waals surface area (Å²) in [6.07, 6.45) is 0. The van der Waals surface area contributed by atoms with Crippen LogP contribution >= 0.6 is 15.9 Å². The van der Waals surface area contributed by atoms with E-state index in [2.05, 4.69) is 15.9 Å². The number of halogens is 1. The summed E-state index contributed by atoms with van der Waals surface area (Å²) in [7, 11) is 0. The fourth-order valence-corrected chi connectivity index (χ4v) is 2.10. The maximum absolute atomic E-state index is 12.1. The van der Waals surface area contributed by atoms with Crippen LogP contribution in [-0.2, 0) is 0 Å². The van der Waals surface area contributed by atoms with Gasteiger partial charge in [0.1, 0.15) is 10.2 Å². The second-order valence-corrected chi connectivity index (χ2v) is 4.70. The Hall–Kier alpha value is -1.55. The van der Waals surface area contributed by atoms with Gasteiger partial charge in [-0.3, -0.25) is 9.36 Å². The molecular formula is C13H12BrNO2. The topological polar surface area (TPSA) is 42.2 Å². The lowest BCUT2D eigenvalue weighted by Gasteiger charge is -2.13. The van der Waals surface area contributed by atoms with Crippen molar-refractivity contribution in [2.45, 2.75) is 13.8 Å². The van der Waals surface area contributed by atoms with Crippen LogP contribution in [0.1, 0.15) is 11.3 Å². The molecule has 0 aliphatic rings. The van der Waals surface area contributed by atoms with Gasteiger partial charge >= 0.3 is 0 Å². The predicted molar refractivity (Wildman–Crippen MR) is 70.9 cm³/mol. The summed E-state index contributed by atoms with van der Waals surface area (Å²) in [6.45, 7) is 3.74. The minimum Gasteiger partial charge on any atom is -0.506 e. The van der Waals surface area contributed by atoms with Gasteiger partial charge in [-0.1, -0.05) is 18.2 Å². The van der Waals surface area contributed by atoms with Gasteiger partial charge in [-0.25, -0.2) is 0 Å². The quantitative estimate of drug-likeness (QED) is 0.878. The summed E-state index contributed by atoms with van der Waals surface area (Å²) in [5.74, 6) is -0.0302. The number of benzene rings is 1. The number of hydrogen-bond donors (Lipinski definition) is 1. The summed E-state index contributed by atoms with van der Waals surface area (Å²) in [4.78, 5) is 12.1. The molecule has 88 valence electrons. The van der Waals surface area contributed by atoms with Crippen LogP contribution in [0.2, 0.25) is 0 Å². The molecule has 0 radical (unpaired) electrons. The van der Waals surface area contributed by atoms with Gasteiger partial charge in [0.25, 0.3) is 5.56 Å². The molecule has 1 N–H and O–H groups in total. The van der Waals surface area contributed by atoms with E-state index in [0.717, 1.165) is 11.3 Å². The van der Waals surface area contributed by atoms with E-state index in [9.17, 15) is 9.90 Å². The minimum absolute atomic E-state index is 0.0302. The number of nitrogens with zero attached hydrogens (tertiary/aromatic N) is 1. The molecule has 2 aromatic rings. The molecule has 1 aromatic heterocycles. The molecule has 0 saturated heterocycles. The van der Waals surface area contributed by atoms with Gasteiger partial charge in [0.15, 0.2) is 0 Å².